The molecule has 0 aliphatic rings. The van der Waals surface area contributed by atoms with Crippen LogP contribution < -0.4 is 5.32 Å². The van der Waals surface area contributed by atoms with Crippen LogP contribution in [-0.2, 0) is 16.0 Å². The summed E-state index contributed by atoms with van der Waals surface area (Å²) >= 11 is 5.51. The molecule has 0 aromatic heterocycles. The SMILES string of the molecule is COC(=O)CCc1cccc(NCC(O)CCl)c1. The molecule has 0 amide bonds. The first-order chi connectivity index (χ1) is 8.65. The molecule has 0 saturated carbocycles. The maximum absolute atomic E-state index is 11.0. The second-order valence-electron chi connectivity index (χ2n) is 3.97. The number of aryl methyl sites for hydroxylation is 1. The lowest BCUT2D eigenvalue weighted by Crippen LogP contribution is -2.20. The number of methoxy groups -OCH3 is 1. The summed E-state index contributed by atoms with van der Waals surface area (Å²) < 4.78 is 4.59. The highest BCUT2D eigenvalue weighted by atomic mass is 35.5. The number of carbonyl (C=O) groups excluding carboxylic acids is 1. The van der Waals surface area contributed by atoms with Crippen LogP contribution in [0.4, 0.5) is 5.69 Å². The number of hydrogen-bond donors (Lipinski definition) is 2. The number of hydrogen-bond acceptors (Lipinski definition) is 4. The van der Waals surface area contributed by atoms with Crippen molar-refractivity contribution in [3.63, 3.8) is 0 Å². The maximum atomic E-state index is 11.0. The van der Waals surface area contributed by atoms with E-state index in [4.69, 9.17) is 11.6 Å². The Labute approximate surface area is 112 Å². The predicted octanol–water partition coefficient (Wildman–Crippen LogP) is 1.80. The summed E-state index contributed by atoms with van der Waals surface area (Å²) in [5, 5.41) is 12.4. The molecule has 0 heterocycles. The van der Waals surface area contributed by atoms with Gasteiger partial charge in [-0.05, 0) is 24.1 Å². The Hall–Kier alpha value is -1.26. The monoisotopic (exact) mass is 271 g/mol. The number of aliphatic hydroxyl groups excluding tert-OH is 1. The number of benzene rings is 1. The van der Waals surface area contributed by atoms with Crippen LogP contribution in [0.1, 0.15) is 12.0 Å². The van der Waals surface area contributed by atoms with E-state index in [0.29, 0.717) is 19.4 Å². The van der Waals surface area contributed by atoms with Gasteiger partial charge in [-0.1, -0.05) is 12.1 Å². The topological polar surface area (TPSA) is 58.6 Å². The van der Waals surface area contributed by atoms with E-state index >= 15 is 0 Å². The summed E-state index contributed by atoms with van der Waals surface area (Å²) in [5.74, 6) is -0.0133. The fourth-order valence-corrected chi connectivity index (χ4v) is 1.58. The van der Waals surface area contributed by atoms with Gasteiger partial charge in [-0.25, -0.2) is 0 Å². The van der Waals surface area contributed by atoms with E-state index in [-0.39, 0.29) is 11.8 Å². The summed E-state index contributed by atoms with van der Waals surface area (Å²) in [4.78, 5) is 11.0. The summed E-state index contributed by atoms with van der Waals surface area (Å²) in [6, 6.07) is 7.71. The van der Waals surface area contributed by atoms with Crippen molar-refractivity contribution >= 4 is 23.3 Å². The molecule has 1 aromatic carbocycles. The van der Waals surface area contributed by atoms with Crippen LogP contribution in [0, 0.1) is 0 Å². The number of rotatable bonds is 7. The molecule has 0 aliphatic carbocycles. The molecule has 2 N–H and O–H groups in total. The molecular weight excluding hydrogens is 254 g/mol. The minimum atomic E-state index is -0.564. The van der Waals surface area contributed by atoms with Crippen molar-refractivity contribution in [1.29, 1.82) is 0 Å². The first-order valence-electron chi connectivity index (χ1n) is 5.79. The zero-order chi connectivity index (χ0) is 13.4. The van der Waals surface area contributed by atoms with E-state index in [0.717, 1.165) is 11.3 Å². The average Bonchev–Trinajstić information content (AvgIpc) is 2.42. The van der Waals surface area contributed by atoms with Gasteiger partial charge in [0.1, 0.15) is 0 Å². The molecule has 1 aromatic rings. The molecule has 4 nitrogen and oxygen atoms in total. The van der Waals surface area contributed by atoms with Gasteiger partial charge in [0.25, 0.3) is 0 Å². The highest BCUT2D eigenvalue weighted by Gasteiger charge is 2.04. The van der Waals surface area contributed by atoms with Gasteiger partial charge in [-0.3, -0.25) is 4.79 Å². The van der Waals surface area contributed by atoms with Crippen molar-refractivity contribution in [2.45, 2.75) is 18.9 Å². The molecule has 1 unspecified atom stereocenters. The summed E-state index contributed by atoms with van der Waals surface area (Å²) in [6.45, 7) is 0.407. The van der Waals surface area contributed by atoms with E-state index < -0.39 is 6.10 Å². The van der Waals surface area contributed by atoms with Crippen LogP contribution in [0.25, 0.3) is 0 Å². The smallest absolute Gasteiger partial charge is 0.305 e. The second kappa shape index (κ2) is 7.95. The largest absolute Gasteiger partial charge is 0.469 e. The Kier molecular flexibility index (Phi) is 6.54. The van der Waals surface area contributed by atoms with Gasteiger partial charge < -0.3 is 15.2 Å². The van der Waals surface area contributed by atoms with E-state index in [1.807, 2.05) is 24.3 Å². The van der Waals surface area contributed by atoms with E-state index in [1.165, 1.54) is 7.11 Å². The molecule has 0 bridgehead atoms. The fourth-order valence-electron chi connectivity index (χ4n) is 1.48. The second-order valence-corrected chi connectivity index (χ2v) is 4.27. The Morgan fingerprint density at radius 1 is 1.56 bits per heavy atom. The van der Waals surface area contributed by atoms with Gasteiger partial charge in [-0.15, -0.1) is 11.6 Å². The number of nitrogens with one attached hydrogen (secondary N) is 1. The van der Waals surface area contributed by atoms with Crippen molar-refractivity contribution in [2.75, 3.05) is 24.9 Å². The van der Waals surface area contributed by atoms with Crippen LogP contribution in [0.2, 0.25) is 0 Å². The number of alkyl halides is 1. The Balaban J connectivity index is 2.48. The van der Waals surface area contributed by atoms with Crippen molar-refractivity contribution in [1.82, 2.24) is 0 Å². The molecule has 0 radical (unpaired) electrons. The number of anilines is 1. The highest BCUT2D eigenvalue weighted by molar-refractivity contribution is 6.18. The van der Waals surface area contributed by atoms with Crippen molar-refractivity contribution in [2.24, 2.45) is 0 Å². The average molecular weight is 272 g/mol. The summed E-state index contributed by atoms with van der Waals surface area (Å²) in [6.07, 6.45) is 0.440. The molecule has 5 heteroatoms. The van der Waals surface area contributed by atoms with Gasteiger partial charge in [0.2, 0.25) is 0 Å². The third-order valence-electron chi connectivity index (χ3n) is 2.49. The summed E-state index contributed by atoms with van der Waals surface area (Å²) in [7, 11) is 1.38. The Bertz CT molecular complexity index is 384. The molecule has 0 fully saturated rings. The first-order valence-corrected chi connectivity index (χ1v) is 6.33. The van der Waals surface area contributed by atoms with E-state index in [9.17, 15) is 9.90 Å². The van der Waals surface area contributed by atoms with Gasteiger partial charge in [0, 0.05) is 18.7 Å². The Morgan fingerprint density at radius 2 is 2.33 bits per heavy atom. The number of halogens is 1. The highest BCUT2D eigenvalue weighted by Crippen LogP contribution is 2.12. The minimum Gasteiger partial charge on any atom is -0.469 e. The third-order valence-corrected chi connectivity index (χ3v) is 2.85. The lowest BCUT2D eigenvalue weighted by Gasteiger charge is -2.11. The number of carbonyl (C=O) groups is 1. The van der Waals surface area contributed by atoms with Gasteiger partial charge in [0.05, 0.1) is 19.1 Å². The van der Waals surface area contributed by atoms with E-state index in [1.54, 1.807) is 0 Å². The quantitative estimate of drug-likeness (QED) is 0.587. The third kappa shape index (κ3) is 5.38. The molecule has 0 saturated heterocycles. The van der Waals surface area contributed by atoms with Gasteiger partial charge in [-0.2, -0.15) is 0 Å². The number of aliphatic hydroxyl groups is 1. The van der Waals surface area contributed by atoms with E-state index in [2.05, 4.69) is 10.1 Å². The molecule has 100 valence electrons. The van der Waals surface area contributed by atoms with Crippen LogP contribution in [0.3, 0.4) is 0 Å². The molecule has 18 heavy (non-hydrogen) atoms. The number of esters is 1. The molecule has 1 rings (SSSR count). The van der Waals surface area contributed by atoms with Crippen LogP contribution in [0.15, 0.2) is 24.3 Å². The Morgan fingerprint density at radius 3 is 3.00 bits per heavy atom. The van der Waals surface area contributed by atoms with Crippen LogP contribution >= 0.6 is 11.6 Å². The van der Waals surface area contributed by atoms with Crippen LogP contribution in [0.5, 0.6) is 0 Å². The van der Waals surface area contributed by atoms with Gasteiger partial charge >= 0.3 is 5.97 Å². The standard InChI is InChI=1S/C13H18ClNO3/c1-18-13(17)6-5-10-3-2-4-11(7-10)15-9-12(16)8-14/h2-4,7,12,15-16H,5-6,8-9H2,1H3. The molecular formula is C13H18ClNO3. The van der Waals surface area contributed by atoms with Gasteiger partial charge in [0.15, 0.2) is 0 Å². The zero-order valence-corrected chi connectivity index (χ0v) is 11.1. The van der Waals surface area contributed by atoms with Crippen LogP contribution in [-0.4, -0.2) is 36.7 Å². The first kappa shape index (κ1) is 14.8. The lowest BCUT2D eigenvalue weighted by atomic mass is 10.1. The normalized spacial score (nSPS) is 11.9. The lowest BCUT2D eigenvalue weighted by molar-refractivity contribution is -0.140. The fraction of sp³-hybridized carbons (Fsp3) is 0.462. The van der Waals surface area contributed by atoms with Crippen molar-refractivity contribution < 1.29 is 14.6 Å². The maximum Gasteiger partial charge on any atom is 0.305 e. The van der Waals surface area contributed by atoms with Crippen molar-refractivity contribution in [3.05, 3.63) is 29.8 Å². The predicted molar refractivity (Wildman–Crippen MR) is 72.0 cm³/mol. The molecule has 0 spiro atoms. The molecule has 0 aliphatic heterocycles. The zero-order valence-electron chi connectivity index (χ0n) is 10.4. The van der Waals surface area contributed by atoms with Crippen molar-refractivity contribution in [3.8, 4) is 0 Å². The molecule has 1 atom stereocenters. The number of ether oxygens (including phenoxy) is 1. The summed E-state index contributed by atoms with van der Waals surface area (Å²) in [5.41, 5.74) is 1.95. The minimum absolute atomic E-state index is 0.203.